The minimum Gasteiger partial charge on any atom is -0.309 e. The second-order valence-electron chi connectivity index (χ2n) is 4.91. The van der Waals surface area contributed by atoms with Gasteiger partial charge in [0.2, 0.25) is 0 Å². The molecule has 2 nitrogen and oxygen atoms in total. The molecular weight excluding hydrogens is 216 g/mol. The van der Waals surface area contributed by atoms with Gasteiger partial charge in [0.1, 0.15) is 0 Å². The van der Waals surface area contributed by atoms with Gasteiger partial charge in [-0.25, -0.2) is 4.98 Å². The molecule has 1 fully saturated rings. The number of nitrogens with one attached hydrogen (secondary N) is 1. The number of aryl methyl sites for hydroxylation is 2. The Balaban J connectivity index is 1.82. The van der Waals surface area contributed by atoms with E-state index >= 15 is 0 Å². The quantitative estimate of drug-likeness (QED) is 0.821. The average molecular weight is 238 g/mol. The molecule has 0 aliphatic heterocycles. The number of aromatic nitrogens is 1. The highest BCUT2D eigenvalue weighted by Gasteiger charge is 2.24. The second kappa shape index (κ2) is 5.28. The summed E-state index contributed by atoms with van der Waals surface area (Å²) in [4.78, 5) is 5.88. The van der Waals surface area contributed by atoms with Crippen molar-refractivity contribution in [2.75, 3.05) is 0 Å². The van der Waals surface area contributed by atoms with Gasteiger partial charge in [0.05, 0.1) is 10.7 Å². The molecule has 0 bridgehead atoms. The fourth-order valence-corrected chi connectivity index (χ4v) is 3.01. The molecule has 90 valence electrons. The highest BCUT2D eigenvalue weighted by molar-refractivity contribution is 7.11. The predicted molar refractivity (Wildman–Crippen MR) is 69.8 cm³/mol. The van der Waals surface area contributed by atoms with Crippen LogP contribution < -0.4 is 5.32 Å². The maximum absolute atomic E-state index is 4.47. The summed E-state index contributed by atoms with van der Waals surface area (Å²) in [6.07, 6.45) is 5.52. The minimum absolute atomic E-state index is 0.703. The molecule has 1 aliphatic rings. The second-order valence-corrected chi connectivity index (χ2v) is 6.19. The Kier molecular flexibility index (Phi) is 3.98. The van der Waals surface area contributed by atoms with Crippen LogP contribution in [-0.2, 0) is 6.54 Å². The van der Waals surface area contributed by atoms with Crippen molar-refractivity contribution in [2.24, 2.45) is 5.92 Å². The summed E-state index contributed by atoms with van der Waals surface area (Å²) in [6, 6.07) is 0.703. The first kappa shape index (κ1) is 12.1. The molecule has 16 heavy (non-hydrogen) atoms. The van der Waals surface area contributed by atoms with E-state index < -0.39 is 0 Å². The third-order valence-corrected chi connectivity index (χ3v) is 4.43. The fourth-order valence-electron chi connectivity index (χ4n) is 2.12. The van der Waals surface area contributed by atoms with Gasteiger partial charge in [-0.3, -0.25) is 0 Å². The van der Waals surface area contributed by atoms with Gasteiger partial charge in [-0.1, -0.05) is 19.8 Å². The molecule has 0 radical (unpaired) electrons. The zero-order valence-corrected chi connectivity index (χ0v) is 11.4. The van der Waals surface area contributed by atoms with Gasteiger partial charge in [-0.2, -0.15) is 0 Å². The Labute approximate surface area is 102 Å². The SMILES string of the molecule is CCC(CC1CC1)NCc1sc(C)nc1C. The van der Waals surface area contributed by atoms with Crippen LogP contribution in [0.4, 0.5) is 0 Å². The normalized spacial score (nSPS) is 17.7. The van der Waals surface area contributed by atoms with Crippen LogP contribution >= 0.6 is 11.3 Å². The van der Waals surface area contributed by atoms with Gasteiger partial charge in [0.25, 0.3) is 0 Å². The lowest BCUT2D eigenvalue weighted by atomic mass is 10.1. The molecule has 3 heteroatoms. The van der Waals surface area contributed by atoms with Crippen molar-refractivity contribution < 1.29 is 0 Å². The lowest BCUT2D eigenvalue weighted by Gasteiger charge is -2.16. The van der Waals surface area contributed by atoms with Crippen molar-refractivity contribution in [3.63, 3.8) is 0 Å². The topological polar surface area (TPSA) is 24.9 Å². The van der Waals surface area contributed by atoms with E-state index in [4.69, 9.17) is 0 Å². The summed E-state index contributed by atoms with van der Waals surface area (Å²) in [6.45, 7) is 7.48. The lowest BCUT2D eigenvalue weighted by Crippen LogP contribution is -2.28. The Morgan fingerprint density at radius 3 is 2.69 bits per heavy atom. The molecule has 0 saturated heterocycles. The zero-order chi connectivity index (χ0) is 11.5. The fraction of sp³-hybridized carbons (Fsp3) is 0.769. The summed E-state index contributed by atoms with van der Waals surface area (Å²) in [5, 5.41) is 4.87. The third-order valence-electron chi connectivity index (χ3n) is 3.36. The number of thiazole rings is 1. The standard InChI is InChI=1S/C13H22N2S/c1-4-12(7-11-5-6-11)14-8-13-9(2)15-10(3)16-13/h11-12,14H,4-8H2,1-3H3. The van der Waals surface area contributed by atoms with Crippen LogP contribution in [0.5, 0.6) is 0 Å². The summed E-state index contributed by atoms with van der Waals surface area (Å²) in [5.74, 6) is 1.02. The van der Waals surface area contributed by atoms with Crippen LogP contribution in [-0.4, -0.2) is 11.0 Å². The summed E-state index contributed by atoms with van der Waals surface area (Å²) in [5.41, 5.74) is 1.20. The van der Waals surface area contributed by atoms with Crippen LogP contribution in [0.1, 0.15) is 48.2 Å². The van der Waals surface area contributed by atoms with Gasteiger partial charge in [-0.05, 0) is 32.6 Å². The van der Waals surface area contributed by atoms with E-state index in [1.54, 1.807) is 0 Å². The lowest BCUT2D eigenvalue weighted by molar-refractivity contribution is 0.446. The zero-order valence-electron chi connectivity index (χ0n) is 10.5. The molecule has 1 N–H and O–H groups in total. The Hall–Kier alpha value is -0.410. The third kappa shape index (κ3) is 3.29. The summed E-state index contributed by atoms with van der Waals surface area (Å²) >= 11 is 1.83. The number of hydrogen-bond donors (Lipinski definition) is 1. The van der Waals surface area contributed by atoms with Crippen molar-refractivity contribution in [3.05, 3.63) is 15.6 Å². The van der Waals surface area contributed by atoms with Crippen LogP contribution in [0.3, 0.4) is 0 Å². The van der Waals surface area contributed by atoms with E-state index in [-0.39, 0.29) is 0 Å². The Bertz CT molecular complexity index is 342. The number of nitrogens with zero attached hydrogens (tertiary/aromatic N) is 1. The van der Waals surface area contributed by atoms with E-state index in [0.717, 1.165) is 12.5 Å². The van der Waals surface area contributed by atoms with E-state index in [1.807, 2.05) is 11.3 Å². The molecule has 1 aromatic rings. The van der Waals surface area contributed by atoms with Crippen molar-refractivity contribution in [1.82, 2.24) is 10.3 Å². The highest BCUT2D eigenvalue weighted by atomic mass is 32.1. The molecule has 1 unspecified atom stereocenters. The summed E-state index contributed by atoms with van der Waals surface area (Å²) in [7, 11) is 0. The van der Waals surface area contributed by atoms with Crippen molar-refractivity contribution in [3.8, 4) is 0 Å². The average Bonchev–Trinajstić information content (AvgIpc) is 3.00. The van der Waals surface area contributed by atoms with Crippen molar-refractivity contribution >= 4 is 11.3 Å². The van der Waals surface area contributed by atoms with Crippen LogP contribution in [0.15, 0.2) is 0 Å². The predicted octanol–water partition coefficient (Wildman–Crippen LogP) is 3.43. The Morgan fingerprint density at radius 1 is 1.44 bits per heavy atom. The van der Waals surface area contributed by atoms with Crippen LogP contribution in [0.25, 0.3) is 0 Å². The van der Waals surface area contributed by atoms with E-state index in [0.29, 0.717) is 6.04 Å². The molecule has 1 aliphatic carbocycles. The molecule has 0 aromatic carbocycles. The first-order chi connectivity index (χ1) is 7.69. The van der Waals surface area contributed by atoms with Gasteiger partial charge >= 0.3 is 0 Å². The van der Waals surface area contributed by atoms with E-state index in [2.05, 4.69) is 31.1 Å². The first-order valence-electron chi connectivity index (χ1n) is 6.35. The van der Waals surface area contributed by atoms with Gasteiger partial charge in [0, 0.05) is 17.5 Å². The highest BCUT2D eigenvalue weighted by Crippen LogP contribution is 2.34. The monoisotopic (exact) mass is 238 g/mol. The van der Waals surface area contributed by atoms with Gasteiger partial charge in [0.15, 0.2) is 0 Å². The summed E-state index contributed by atoms with van der Waals surface area (Å²) < 4.78 is 0. The molecular formula is C13H22N2S. The van der Waals surface area contributed by atoms with E-state index in [1.165, 1.54) is 41.3 Å². The number of rotatable bonds is 6. The molecule has 1 heterocycles. The van der Waals surface area contributed by atoms with E-state index in [9.17, 15) is 0 Å². The largest absolute Gasteiger partial charge is 0.309 e. The maximum Gasteiger partial charge on any atom is 0.0900 e. The Morgan fingerprint density at radius 2 is 2.19 bits per heavy atom. The molecule has 0 amide bonds. The molecule has 1 atom stereocenters. The van der Waals surface area contributed by atoms with Gasteiger partial charge in [-0.15, -0.1) is 11.3 Å². The van der Waals surface area contributed by atoms with Crippen LogP contribution in [0.2, 0.25) is 0 Å². The molecule has 1 saturated carbocycles. The van der Waals surface area contributed by atoms with Crippen molar-refractivity contribution in [1.29, 1.82) is 0 Å². The molecule has 0 spiro atoms. The molecule has 1 aromatic heterocycles. The van der Waals surface area contributed by atoms with Crippen molar-refractivity contribution in [2.45, 2.75) is 59.0 Å². The smallest absolute Gasteiger partial charge is 0.0900 e. The van der Waals surface area contributed by atoms with Gasteiger partial charge < -0.3 is 5.32 Å². The molecule has 2 rings (SSSR count). The maximum atomic E-state index is 4.47. The first-order valence-corrected chi connectivity index (χ1v) is 7.17. The van der Waals surface area contributed by atoms with Crippen LogP contribution in [0, 0.1) is 19.8 Å². The number of hydrogen-bond acceptors (Lipinski definition) is 3. The minimum atomic E-state index is 0.703.